The molecule has 2 fully saturated rings. The molecule has 6 nitrogen and oxygen atoms in total. The molecule has 1 aromatic carbocycles. The van der Waals surface area contributed by atoms with Crippen molar-refractivity contribution in [1.29, 1.82) is 0 Å². The Bertz CT molecular complexity index is 692. The fourth-order valence-electron chi connectivity index (χ4n) is 3.55. The number of rotatable bonds is 4. The molecule has 0 aliphatic carbocycles. The number of ether oxygens (including phenoxy) is 3. The minimum absolute atomic E-state index is 0.326. The number of nitrogens with zero attached hydrogens (tertiary/aromatic N) is 1. The van der Waals surface area contributed by atoms with Crippen LogP contribution in [0.5, 0.6) is 5.75 Å². The van der Waals surface area contributed by atoms with Gasteiger partial charge in [-0.3, -0.25) is 0 Å². The van der Waals surface area contributed by atoms with Crippen LogP contribution >= 0.6 is 0 Å². The van der Waals surface area contributed by atoms with Gasteiger partial charge in [-0.25, -0.2) is 8.42 Å². The summed E-state index contributed by atoms with van der Waals surface area (Å²) in [5.41, 5.74) is 1.68. The molecule has 0 aromatic heterocycles. The number of piperidine rings is 1. The minimum Gasteiger partial charge on any atom is -0.493 e. The molecule has 7 heteroatoms. The predicted molar refractivity (Wildman–Crippen MR) is 94.3 cm³/mol. The Morgan fingerprint density at radius 1 is 1.12 bits per heavy atom. The SMILES string of the molecule is CCOc1c(C)cc(S(=O)(=O)N2CCC3(CC2)OCCCO3)cc1C. The molecular weight excluding hydrogens is 342 g/mol. The van der Waals surface area contributed by atoms with Gasteiger partial charge in [-0.1, -0.05) is 0 Å². The van der Waals surface area contributed by atoms with Crippen LogP contribution in [0.4, 0.5) is 0 Å². The van der Waals surface area contributed by atoms with Crippen LogP contribution in [0.3, 0.4) is 0 Å². The summed E-state index contributed by atoms with van der Waals surface area (Å²) in [6.07, 6.45) is 2.04. The molecule has 0 bridgehead atoms. The van der Waals surface area contributed by atoms with E-state index < -0.39 is 15.8 Å². The van der Waals surface area contributed by atoms with E-state index in [4.69, 9.17) is 14.2 Å². The van der Waals surface area contributed by atoms with Gasteiger partial charge in [0.1, 0.15) is 5.75 Å². The van der Waals surface area contributed by atoms with Crippen molar-refractivity contribution >= 4 is 10.0 Å². The molecule has 140 valence electrons. The van der Waals surface area contributed by atoms with Crippen LogP contribution in [-0.2, 0) is 19.5 Å². The van der Waals surface area contributed by atoms with Crippen molar-refractivity contribution in [2.45, 2.75) is 50.7 Å². The lowest BCUT2D eigenvalue weighted by Crippen LogP contribution is -2.51. The Morgan fingerprint density at radius 3 is 2.20 bits per heavy atom. The molecule has 0 saturated carbocycles. The molecule has 0 N–H and O–H groups in total. The Morgan fingerprint density at radius 2 is 1.68 bits per heavy atom. The predicted octanol–water partition coefficient (Wildman–Crippen LogP) is 2.62. The van der Waals surface area contributed by atoms with Gasteiger partial charge in [0.15, 0.2) is 5.79 Å². The Kier molecular flexibility index (Phi) is 5.39. The Balaban J connectivity index is 1.78. The third-order valence-electron chi connectivity index (χ3n) is 4.86. The molecule has 1 aromatic rings. The van der Waals surface area contributed by atoms with Crippen LogP contribution in [-0.4, -0.2) is 51.4 Å². The summed E-state index contributed by atoms with van der Waals surface area (Å²) in [5, 5.41) is 0. The van der Waals surface area contributed by atoms with E-state index in [2.05, 4.69) is 0 Å². The molecule has 2 aliphatic heterocycles. The number of sulfonamides is 1. The van der Waals surface area contributed by atoms with Gasteiger partial charge >= 0.3 is 0 Å². The zero-order valence-electron chi connectivity index (χ0n) is 15.2. The van der Waals surface area contributed by atoms with Gasteiger partial charge in [-0.05, 0) is 50.5 Å². The summed E-state index contributed by atoms with van der Waals surface area (Å²) in [6, 6.07) is 3.40. The smallest absolute Gasteiger partial charge is 0.243 e. The molecule has 0 atom stereocenters. The fraction of sp³-hybridized carbons (Fsp3) is 0.667. The largest absolute Gasteiger partial charge is 0.493 e. The van der Waals surface area contributed by atoms with E-state index in [1.54, 1.807) is 12.1 Å². The molecule has 25 heavy (non-hydrogen) atoms. The van der Waals surface area contributed by atoms with Crippen molar-refractivity contribution in [3.8, 4) is 5.75 Å². The van der Waals surface area contributed by atoms with Gasteiger partial charge in [-0.15, -0.1) is 0 Å². The van der Waals surface area contributed by atoms with E-state index in [0.717, 1.165) is 23.3 Å². The number of aryl methyl sites for hydroxylation is 2. The highest BCUT2D eigenvalue weighted by Crippen LogP contribution is 2.34. The van der Waals surface area contributed by atoms with Gasteiger partial charge in [0.05, 0.1) is 24.7 Å². The molecule has 2 heterocycles. The van der Waals surface area contributed by atoms with Crippen LogP contribution in [0.25, 0.3) is 0 Å². The van der Waals surface area contributed by atoms with Crippen LogP contribution in [0, 0.1) is 13.8 Å². The molecule has 3 rings (SSSR count). The van der Waals surface area contributed by atoms with Gasteiger partial charge in [0.25, 0.3) is 0 Å². The number of hydrogen-bond acceptors (Lipinski definition) is 5. The monoisotopic (exact) mass is 369 g/mol. The maximum absolute atomic E-state index is 13.0. The van der Waals surface area contributed by atoms with Crippen molar-refractivity contribution in [2.24, 2.45) is 0 Å². The van der Waals surface area contributed by atoms with Crippen LogP contribution in [0.2, 0.25) is 0 Å². The summed E-state index contributed by atoms with van der Waals surface area (Å²) >= 11 is 0. The summed E-state index contributed by atoms with van der Waals surface area (Å²) in [7, 11) is -3.53. The lowest BCUT2D eigenvalue weighted by Gasteiger charge is -2.42. The van der Waals surface area contributed by atoms with Crippen LogP contribution in [0.15, 0.2) is 17.0 Å². The molecule has 0 radical (unpaired) electrons. The average molecular weight is 369 g/mol. The van der Waals surface area contributed by atoms with Crippen molar-refractivity contribution < 1.29 is 22.6 Å². The van der Waals surface area contributed by atoms with Gasteiger partial charge < -0.3 is 14.2 Å². The highest BCUT2D eigenvalue weighted by molar-refractivity contribution is 7.89. The first-order valence-electron chi connectivity index (χ1n) is 8.90. The minimum atomic E-state index is -3.53. The summed E-state index contributed by atoms with van der Waals surface area (Å²) in [6.45, 7) is 8.43. The second kappa shape index (κ2) is 7.23. The second-order valence-electron chi connectivity index (χ2n) is 6.68. The maximum Gasteiger partial charge on any atom is 0.243 e. The lowest BCUT2D eigenvalue weighted by atomic mass is 10.0. The van der Waals surface area contributed by atoms with Gasteiger partial charge in [-0.2, -0.15) is 4.31 Å². The topological polar surface area (TPSA) is 65.1 Å². The quantitative estimate of drug-likeness (QED) is 0.816. The fourth-order valence-corrected chi connectivity index (χ4v) is 5.17. The standard InChI is InChI=1S/C18H27NO5S/c1-4-22-17-14(2)12-16(13-15(17)3)25(20,21)19-8-6-18(7-9-19)23-10-5-11-24-18/h12-13H,4-11H2,1-3H3. The highest BCUT2D eigenvalue weighted by atomic mass is 32.2. The molecule has 1 spiro atoms. The zero-order valence-corrected chi connectivity index (χ0v) is 16.0. The molecule has 2 aliphatic rings. The van der Waals surface area contributed by atoms with E-state index in [-0.39, 0.29) is 0 Å². The van der Waals surface area contributed by atoms with E-state index in [1.165, 1.54) is 4.31 Å². The first kappa shape index (κ1) is 18.6. The van der Waals surface area contributed by atoms with Crippen LogP contribution in [0.1, 0.15) is 37.3 Å². The van der Waals surface area contributed by atoms with Crippen molar-refractivity contribution in [1.82, 2.24) is 4.31 Å². The molecule has 0 unspecified atom stereocenters. The molecular formula is C18H27NO5S. The van der Waals surface area contributed by atoms with Crippen molar-refractivity contribution in [3.63, 3.8) is 0 Å². The maximum atomic E-state index is 13.0. The third kappa shape index (κ3) is 3.69. The summed E-state index contributed by atoms with van der Waals surface area (Å²) in [4.78, 5) is 0.326. The highest BCUT2D eigenvalue weighted by Gasteiger charge is 2.41. The lowest BCUT2D eigenvalue weighted by molar-refractivity contribution is -0.280. The normalized spacial score (nSPS) is 21.4. The van der Waals surface area contributed by atoms with Crippen molar-refractivity contribution in [2.75, 3.05) is 32.9 Å². The number of hydrogen-bond donors (Lipinski definition) is 0. The van der Waals surface area contributed by atoms with Crippen molar-refractivity contribution in [3.05, 3.63) is 23.3 Å². The van der Waals surface area contributed by atoms with E-state index >= 15 is 0 Å². The molecule has 0 amide bonds. The van der Waals surface area contributed by atoms with Crippen LogP contribution < -0.4 is 4.74 Å². The first-order valence-corrected chi connectivity index (χ1v) is 10.3. The zero-order chi connectivity index (χ0) is 18.1. The first-order chi connectivity index (χ1) is 11.9. The summed E-state index contributed by atoms with van der Waals surface area (Å²) < 4.78 is 44.8. The van der Waals surface area contributed by atoms with E-state index in [1.807, 2.05) is 20.8 Å². The summed E-state index contributed by atoms with van der Waals surface area (Å²) in [5.74, 6) is 0.178. The average Bonchev–Trinajstić information content (AvgIpc) is 2.59. The van der Waals surface area contributed by atoms with E-state index in [9.17, 15) is 8.42 Å². The Labute approximate surface area is 150 Å². The number of benzene rings is 1. The van der Waals surface area contributed by atoms with E-state index in [0.29, 0.717) is 50.6 Å². The Hall–Kier alpha value is -1.15. The third-order valence-corrected chi connectivity index (χ3v) is 6.74. The second-order valence-corrected chi connectivity index (χ2v) is 8.62. The molecule has 2 saturated heterocycles. The van der Waals surface area contributed by atoms with Gasteiger partial charge in [0.2, 0.25) is 10.0 Å². The van der Waals surface area contributed by atoms with Gasteiger partial charge in [0, 0.05) is 25.9 Å².